The lowest BCUT2D eigenvalue weighted by Crippen LogP contribution is -2.35. The van der Waals surface area contributed by atoms with Gasteiger partial charge in [-0.1, -0.05) is 60.7 Å². The van der Waals surface area contributed by atoms with Gasteiger partial charge in [0, 0.05) is 12.6 Å². The molecule has 3 aromatic rings. The van der Waals surface area contributed by atoms with Gasteiger partial charge in [-0.15, -0.1) is 0 Å². The van der Waals surface area contributed by atoms with E-state index in [1.54, 1.807) is 55.6 Å². The van der Waals surface area contributed by atoms with Crippen LogP contribution in [0.15, 0.2) is 84.9 Å². The number of anilines is 1. The number of benzene rings is 3. The topological polar surface area (TPSA) is 78.5 Å². The molecular formula is C25H25N3O3. The van der Waals surface area contributed by atoms with Gasteiger partial charge in [-0.2, -0.15) is 0 Å². The number of amides is 3. The molecule has 0 fully saturated rings. The second-order valence-electron chi connectivity index (χ2n) is 7.23. The van der Waals surface area contributed by atoms with E-state index < -0.39 is 0 Å². The number of hydrogen-bond donors (Lipinski definition) is 2. The number of rotatable bonds is 7. The smallest absolute Gasteiger partial charge is 0.254 e. The molecule has 6 nitrogen and oxygen atoms in total. The lowest BCUT2D eigenvalue weighted by atomic mass is 10.1. The summed E-state index contributed by atoms with van der Waals surface area (Å²) in [6.07, 6.45) is 0. The molecule has 0 radical (unpaired) electrons. The molecule has 0 heterocycles. The molecule has 3 aromatic carbocycles. The van der Waals surface area contributed by atoms with E-state index in [-0.39, 0.29) is 30.3 Å². The lowest BCUT2D eigenvalue weighted by molar-refractivity contribution is -0.116. The van der Waals surface area contributed by atoms with Crippen LogP contribution in [-0.2, 0) is 4.79 Å². The first-order valence-corrected chi connectivity index (χ1v) is 10.0. The minimum Gasteiger partial charge on any atom is -0.345 e. The van der Waals surface area contributed by atoms with E-state index in [9.17, 15) is 14.4 Å². The molecule has 6 heteroatoms. The molecule has 0 saturated carbocycles. The summed E-state index contributed by atoms with van der Waals surface area (Å²) in [7, 11) is 1.56. The quantitative estimate of drug-likeness (QED) is 0.615. The number of para-hydroxylation sites is 1. The maximum atomic E-state index is 12.8. The fourth-order valence-corrected chi connectivity index (χ4v) is 3.17. The zero-order chi connectivity index (χ0) is 22.2. The van der Waals surface area contributed by atoms with Gasteiger partial charge in [-0.3, -0.25) is 14.4 Å². The molecule has 2 N–H and O–H groups in total. The van der Waals surface area contributed by atoms with Crippen LogP contribution in [0.1, 0.15) is 39.2 Å². The fourth-order valence-electron chi connectivity index (χ4n) is 3.17. The Morgan fingerprint density at radius 2 is 1.42 bits per heavy atom. The maximum Gasteiger partial charge on any atom is 0.254 e. The summed E-state index contributed by atoms with van der Waals surface area (Å²) in [5.74, 6) is -0.928. The Morgan fingerprint density at radius 1 is 0.839 bits per heavy atom. The Morgan fingerprint density at radius 3 is 2.10 bits per heavy atom. The second kappa shape index (κ2) is 10.2. The average molecular weight is 415 g/mol. The Bertz CT molecular complexity index is 1050. The molecule has 1 unspecified atom stereocenters. The van der Waals surface area contributed by atoms with Gasteiger partial charge >= 0.3 is 0 Å². The molecule has 31 heavy (non-hydrogen) atoms. The summed E-state index contributed by atoms with van der Waals surface area (Å²) in [6, 6.07) is 25.0. The van der Waals surface area contributed by atoms with E-state index in [0.717, 1.165) is 5.56 Å². The van der Waals surface area contributed by atoms with E-state index in [2.05, 4.69) is 10.6 Å². The Balaban J connectivity index is 1.65. The molecule has 0 spiro atoms. The fraction of sp³-hybridized carbons (Fsp3) is 0.160. The highest BCUT2D eigenvalue weighted by Crippen LogP contribution is 2.18. The van der Waals surface area contributed by atoms with Gasteiger partial charge in [0.25, 0.3) is 11.8 Å². The van der Waals surface area contributed by atoms with Gasteiger partial charge in [-0.05, 0) is 36.8 Å². The zero-order valence-corrected chi connectivity index (χ0v) is 17.5. The third-order valence-corrected chi connectivity index (χ3v) is 4.84. The normalized spacial score (nSPS) is 11.3. The van der Waals surface area contributed by atoms with Gasteiger partial charge < -0.3 is 15.5 Å². The van der Waals surface area contributed by atoms with Gasteiger partial charge in [-0.25, -0.2) is 0 Å². The van der Waals surface area contributed by atoms with Crippen molar-refractivity contribution in [3.05, 3.63) is 102 Å². The number of nitrogens with zero attached hydrogens (tertiary/aromatic N) is 1. The minimum atomic E-state index is -0.386. The number of likely N-dealkylation sites (N-methyl/N-ethyl adjacent to an activating group) is 1. The van der Waals surface area contributed by atoms with Crippen molar-refractivity contribution < 1.29 is 14.4 Å². The Labute approximate surface area is 181 Å². The highest BCUT2D eigenvalue weighted by molar-refractivity contribution is 6.05. The number of carbonyl (C=O) groups is 3. The summed E-state index contributed by atoms with van der Waals surface area (Å²) >= 11 is 0. The molecule has 0 aliphatic heterocycles. The van der Waals surface area contributed by atoms with Crippen LogP contribution in [0.2, 0.25) is 0 Å². The second-order valence-corrected chi connectivity index (χ2v) is 7.23. The van der Waals surface area contributed by atoms with Crippen molar-refractivity contribution in [2.24, 2.45) is 0 Å². The summed E-state index contributed by atoms with van der Waals surface area (Å²) < 4.78 is 0. The third kappa shape index (κ3) is 5.79. The molecule has 0 aromatic heterocycles. The lowest BCUT2D eigenvalue weighted by Gasteiger charge is -2.19. The van der Waals surface area contributed by atoms with Crippen molar-refractivity contribution in [3.63, 3.8) is 0 Å². The van der Waals surface area contributed by atoms with Gasteiger partial charge in [0.05, 0.1) is 23.8 Å². The van der Waals surface area contributed by atoms with E-state index >= 15 is 0 Å². The number of carbonyl (C=O) groups excluding carboxylic acids is 3. The Hall–Kier alpha value is -3.93. The molecule has 1 atom stereocenters. The van der Waals surface area contributed by atoms with Crippen LogP contribution in [0.3, 0.4) is 0 Å². The van der Waals surface area contributed by atoms with Crippen LogP contribution >= 0.6 is 0 Å². The van der Waals surface area contributed by atoms with Crippen molar-refractivity contribution in [2.75, 3.05) is 18.9 Å². The first-order chi connectivity index (χ1) is 15.0. The molecule has 158 valence electrons. The van der Waals surface area contributed by atoms with Crippen LogP contribution in [0, 0.1) is 0 Å². The molecule has 0 saturated heterocycles. The van der Waals surface area contributed by atoms with Crippen molar-refractivity contribution in [1.29, 1.82) is 0 Å². The Kier molecular flexibility index (Phi) is 7.17. The molecule has 3 rings (SSSR count). The van der Waals surface area contributed by atoms with E-state index in [1.165, 1.54) is 4.90 Å². The highest BCUT2D eigenvalue weighted by atomic mass is 16.2. The monoisotopic (exact) mass is 415 g/mol. The largest absolute Gasteiger partial charge is 0.345 e. The SMILES string of the molecule is CC(NC(=O)c1ccccc1NC(=O)CN(C)C(=O)c1ccccc1)c1ccccc1. The van der Waals surface area contributed by atoms with Crippen molar-refractivity contribution in [3.8, 4) is 0 Å². The zero-order valence-electron chi connectivity index (χ0n) is 17.5. The first kappa shape index (κ1) is 21.8. The van der Waals surface area contributed by atoms with Crippen molar-refractivity contribution in [1.82, 2.24) is 10.2 Å². The van der Waals surface area contributed by atoms with E-state index in [4.69, 9.17) is 0 Å². The maximum absolute atomic E-state index is 12.8. The summed E-state index contributed by atoms with van der Waals surface area (Å²) in [6.45, 7) is 1.77. The first-order valence-electron chi connectivity index (χ1n) is 10.0. The summed E-state index contributed by atoms with van der Waals surface area (Å²) in [4.78, 5) is 39.1. The van der Waals surface area contributed by atoms with E-state index in [0.29, 0.717) is 16.8 Å². The van der Waals surface area contributed by atoms with Crippen molar-refractivity contribution >= 4 is 23.4 Å². The van der Waals surface area contributed by atoms with Crippen LogP contribution in [0.4, 0.5) is 5.69 Å². The molecular weight excluding hydrogens is 390 g/mol. The third-order valence-electron chi connectivity index (χ3n) is 4.84. The molecule has 0 bridgehead atoms. The predicted molar refractivity (Wildman–Crippen MR) is 121 cm³/mol. The highest BCUT2D eigenvalue weighted by Gasteiger charge is 2.18. The number of nitrogens with one attached hydrogen (secondary N) is 2. The summed E-state index contributed by atoms with van der Waals surface area (Å²) in [5, 5.41) is 5.70. The van der Waals surface area contributed by atoms with Gasteiger partial charge in [0.15, 0.2) is 0 Å². The molecule has 0 aliphatic carbocycles. The van der Waals surface area contributed by atoms with Gasteiger partial charge in [0.1, 0.15) is 0 Å². The standard InChI is InChI=1S/C25H25N3O3/c1-18(19-11-5-3-6-12-19)26-24(30)21-15-9-10-16-22(21)27-23(29)17-28(2)25(31)20-13-7-4-8-14-20/h3-16,18H,17H2,1-2H3,(H,26,30)(H,27,29). The van der Waals surface area contributed by atoms with Crippen molar-refractivity contribution in [2.45, 2.75) is 13.0 Å². The predicted octanol–water partition coefficient (Wildman–Crippen LogP) is 3.89. The van der Waals surface area contributed by atoms with Crippen LogP contribution < -0.4 is 10.6 Å². The molecule has 0 aliphatic rings. The van der Waals surface area contributed by atoms with Crippen LogP contribution in [0.25, 0.3) is 0 Å². The average Bonchev–Trinajstić information content (AvgIpc) is 2.79. The summed E-state index contributed by atoms with van der Waals surface area (Å²) in [5.41, 5.74) is 2.24. The molecule has 3 amide bonds. The van der Waals surface area contributed by atoms with E-state index in [1.807, 2.05) is 43.3 Å². The van der Waals surface area contributed by atoms with Gasteiger partial charge in [0.2, 0.25) is 5.91 Å². The number of hydrogen-bond acceptors (Lipinski definition) is 3. The van der Waals surface area contributed by atoms with Crippen LogP contribution in [-0.4, -0.2) is 36.2 Å². The van der Waals surface area contributed by atoms with Crippen LogP contribution in [0.5, 0.6) is 0 Å². The minimum absolute atomic E-state index is 0.135.